The number of hydrogen-bond acceptors (Lipinski definition) is 3. The Bertz CT molecular complexity index is 917. The molecule has 8 heteroatoms. The first-order valence-electron chi connectivity index (χ1n) is 8.28. The fourth-order valence-corrected chi connectivity index (χ4v) is 2.70. The summed E-state index contributed by atoms with van der Waals surface area (Å²) in [6.07, 6.45) is 0.368. The molecule has 0 aliphatic heterocycles. The van der Waals surface area contributed by atoms with Crippen molar-refractivity contribution < 1.29 is 23.2 Å². The number of carbonyl (C=O) groups excluding carboxylic acids is 3. The number of benzene rings is 2. The minimum absolute atomic E-state index is 0.132. The summed E-state index contributed by atoms with van der Waals surface area (Å²) in [5.74, 6) is -4.06. The van der Waals surface area contributed by atoms with Crippen molar-refractivity contribution in [3.63, 3.8) is 0 Å². The van der Waals surface area contributed by atoms with Crippen molar-refractivity contribution in [1.29, 1.82) is 0 Å². The van der Waals surface area contributed by atoms with Gasteiger partial charge in [-0.05, 0) is 36.8 Å². The van der Waals surface area contributed by atoms with Crippen LogP contribution in [-0.4, -0.2) is 17.7 Å². The van der Waals surface area contributed by atoms with Gasteiger partial charge >= 0.3 is 0 Å². The maximum Gasteiger partial charge on any atom is 0.228 e. The molecule has 2 atom stereocenters. The Morgan fingerprint density at radius 2 is 1.37 bits per heavy atom. The molecule has 6 nitrogen and oxygen atoms in total. The van der Waals surface area contributed by atoms with E-state index in [1.807, 2.05) is 0 Å². The van der Waals surface area contributed by atoms with Crippen molar-refractivity contribution in [2.24, 2.45) is 11.8 Å². The van der Waals surface area contributed by atoms with E-state index in [-0.39, 0.29) is 17.5 Å². The Labute approximate surface area is 154 Å². The fourth-order valence-electron chi connectivity index (χ4n) is 2.70. The van der Waals surface area contributed by atoms with Gasteiger partial charge in [-0.1, -0.05) is 6.07 Å². The van der Waals surface area contributed by atoms with Gasteiger partial charge in [-0.15, -0.1) is 0 Å². The molecule has 2 unspecified atom stereocenters. The number of amides is 3. The normalized spacial score (nSPS) is 17.7. The van der Waals surface area contributed by atoms with E-state index in [0.717, 1.165) is 12.1 Å². The lowest BCUT2D eigenvalue weighted by Crippen LogP contribution is -2.20. The van der Waals surface area contributed by atoms with Crippen LogP contribution in [0.3, 0.4) is 0 Å². The maximum atomic E-state index is 13.2. The van der Waals surface area contributed by atoms with Gasteiger partial charge in [-0.25, -0.2) is 8.78 Å². The van der Waals surface area contributed by atoms with Crippen LogP contribution in [0.4, 0.5) is 25.8 Å². The molecule has 1 aliphatic carbocycles. The molecular weight excluding hydrogens is 356 g/mol. The third kappa shape index (κ3) is 4.66. The first-order valence-corrected chi connectivity index (χ1v) is 8.28. The molecule has 27 heavy (non-hydrogen) atoms. The highest BCUT2D eigenvalue weighted by atomic mass is 19.2. The molecule has 1 fully saturated rings. The zero-order valence-corrected chi connectivity index (χ0v) is 14.4. The largest absolute Gasteiger partial charge is 0.326 e. The topological polar surface area (TPSA) is 87.3 Å². The third-order valence-corrected chi connectivity index (χ3v) is 4.10. The molecule has 0 bridgehead atoms. The molecule has 0 saturated heterocycles. The second-order valence-electron chi connectivity index (χ2n) is 6.32. The standard InChI is InChI=1S/C19H17F2N3O3/c1-10(25)22-11-3-2-4-12(7-11)23-18(26)14-9-15(14)19(27)24-13-5-6-16(20)17(21)8-13/h2-8,14-15H,9H2,1H3,(H,22,25)(H,23,26)(H,24,27). The van der Waals surface area contributed by atoms with Crippen LogP contribution in [0.25, 0.3) is 0 Å². The van der Waals surface area contributed by atoms with Crippen molar-refractivity contribution in [1.82, 2.24) is 0 Å². The predicted molar refractivity (Wildman–Crippen MR) is 96.0 cm³/mol. The molecule has 3 amide bonds. The van der Waals surface area contributed by atoms with E-state index in [0.29, 0.717) is 17.8 Å². The van der Waals surface area contributed by atoms with Gasteiger partial charge in [0.1, 0.15) is 0 Å². The average Bonchev–Trinajstić information content (AvgIpc) is 3.39. The SMILES string of the molecule is CC(=O)Nc1cccc(NC(=O)C2CC2C(=O)Nc2ccc(F)c(F)c2)c1. The lowest BCUT2D eigenvalue weighted by Gasteiger charge is -2.08. The van der Waals surface area contributed by atoms with Crippen LogP contribution in [0, 0.1) is 23.5 Å². The number of hydrogen-bond donors (Lipinski definition) is 3. The van der Waals surface area contributed by atoms with E-state index >= 15 is 0 Å². The zero-order chi connectivity index (χ0) is 19.6. The van der Waals surface area contributed by atoms with Gasteiger partial charge in [-0.2, -0.15) is 0 Å². The molecular formula is C19H17F2N3O3. The van der Waals surface area contributed by atoms with Crippen LogP contribution < -0.4 is 16.0 Å². The molecule has 0 aromatic heterocycles. The summed E-state index contributed by atoms with van der Waals surface area (Å²) in [6, 6.07) is 9.71. The second-order valence-corrected chi connectivity index (χ2v) is 6.32. The summed E-state index contributed by atoms with van der Waals surface area (Å²) < 4.78 is 26.1. The van der Waals surface area contributed by atoms with Crippen LogP contribution in [0.5, 0.6) is 0 Å². The summed E-state index contributed by atoms with van der Waals surface area (Å²) in [5, 5.41) is 7.80. The molecule has 0 radical (unpaired) electrons. The van der Waals surface area contributed by atoms with Crippen molar-refractivity contribution in [2.45, 2.75) is 13.3 Å². The van der Waals surface area contributed by atoms with Crippen molar-refractivity contribution in [3.05, 3.63) is 54.1 Å². The number of halogens is 2. The Kier molecular flexibility index (Phi) is 5.16. The minimum atomic E-state index is -1.06. The quantitative estimate of drug-likeness (QED) is 0.752. The number of anilines is 3. The fraction of sp³-hybridized carbons (Fsp3) is 0.211. The second kappa shape index (κ2) is 7.53. The van der Waals surface area contributed by atoms with E-state index in [2.05, 4.69) is 16.0 Å². The van der Waals surface area contributed by atoms with Gasteiger partial charge in [0.2, 0.25) is 17.7 Å². The molecule has 1 saturated carbocycles. The summed E-state index contributed by atoms with van der Waals surface area (Å²) in [7, 11) is 0. The molecule has 0 spiro atoms. The summed E-state index contributed by atoms with van der Waals surface area (Å²) in [5.41, 5.74) is 1.18. The minimum Gasteiger partial charge on any atom is -0.326 e. The average molecular weight is 373 g/mol. The lowest BCUT2D eigenvalue weighted by atomic mass is 10.2. The highest BCUT2D eigenvalue weighted by Gasteiger charge is 2.48. The van der Waals surface area contributed by atoms with Gasteiger partial charge in [-0.3, -0.25) is 14.4 Å². The van der Waals surface area contributed by atoms with Crippen molar-refractivity contribution >= 4 is 34.8 Å². The van der Waals surface area contributed by atoms with E-state index in [4.69, 9.17) is 0 Å². The maximum absolute atomic E-state index is 13.2. The lowest BCUT2D eigenvalue weighted by molar-refractivity contribution is -0.122. The van der Waals surface area contributed by atoms with Crippen LogP contribution >= 0.6 is 0 Å². The van der Waals surface area contributed by atoms with E-state index in [9.17, 15) is 23.2 Å². The smallest absolute Gasteiger partial charge is 0.228 e. The highest BCUT2D eigenvalue weighted by Crippen LogP contribution is 2.40. The summed E-state index contributed by atoms with van der Waals surface area (Å²) in [4.78, 5) is 35.5. The Hall–Kier alpha value is -3.29. The molecule has 140 valence electrons. The Morgan fingerprint density at radius 3 is 1.93 bits per heavy atom. The van der Waals surface area contributed by atoms with Gasteiger partial charge in [0.05, 0.1) is 11.8 Å². The van der Waals surface area contributed by atoms with Crippen LogP contribution in [0.2, 0.25) is 0 Å². The summed E-state index contributed by atoms with van der Waals surface area (Å²) >= 11 is 0. The first kappa shape index (κ1) is 18.5. The highest BCUT2D eigenvalue weighted by molar-refractivity contribution is 6.03. The van der Waals surface area contributed by atoms with Gasteiger partial charge < -0.3 is 16.0 Å². The zero-order valence-electron chi connectivity index (χ0n) is 14.4. The van der Waals surface area contributed by atoms with E-state index in [1.54, 1.807) is 24.3 Å². The van der Waals surface area contributed by atoms with Crippen LogP contribution in [0.15, 0.2) is 42.5 Å². The first-order chi connectivity index (χ1) is 12.8. The monoisotopic (exact) mass is 373 g/mol. The van der Waals surface area contributed by atoms with Crippen molar-refractivity contribution in [3.8, 4) is 0 Å². The summed E-state index contributed by atoms with van der Waals surface area (Å²) in [6.45, 7) is 1.38. The predicted octanol–water partition coefficient (Wildman–Crippen LogP) is 3.14. The van der Waals surface area contributed by atoms with Crippen LogP contribution in [-0.2, 0) is 14.4 Å². The van der Waals surface area contributed by atoms with Gasteiger partial charge in [0.25, 0.3) is 0 Å². The Morgan fingerprint density at radius 1 is 0.815 bits per heavy atom. The molecule has 3 N–H and O–H groups in total. The number of rotatable bonds is 5. The number of nitrogens with one attached hydrogen (secondary N) is 3. The molecule has 2 aromatic carbocycles. The number of carbonyl (C=O) groups is 3. The molecule has 0 heterocycles. The van der Waals surface area contributed by atoms with Gasteiger partial charge in [0.15, 0.2) is 11.6 Å². The van der Waals surface area contributed by atoms with Crippen molar-refractivity contribution in [2.75, 3.05) is 16.0 Å². The Balaban J connectivity index is 1.56. The van der Waals surface area contributed by atoms with E-state index in [1.165, 1.54) is 13.0 Å². The van der Waals surface area contributed by atoms with E-state index < -0.39 is 29.4 Å². The molecule has 3 rings (SSSR count). The third-order valence-electron chi connectivity index (χ3n) is 4.10. The van der Waals surface area contributed by atoms with Gasteiger partial charge in [0, 0.05) is 30.1 Å². The molecule has 1 aliphatic rings. The van der Waals surface area contributed by atoms with Crippen LogP contribution in [0.1, 0.15) is 13.3 Å². The molecule has 2 aromatic rings.